The fourth-order valence-electron chi connectivity index (χ4n) is 1.64. The molecule has 2 aromatic rings. The van der Waals surface area contributed by atoms with Crippen LogP contribution in [-0.4, -0.2) is 25.0 Å². The van der Waals surface area contributed by atoms with Crippen molar-refractivity contribution >= 4 is 34.7 Å². The van der Waals surface area contributed by atoms with Gasteiger partial charge in [0.05, 0.1) is 10.6 Å². The van der Waals surface area contributed by atoms with Crippen LogP contribution in [0.3, 0.4) is 0 Å². The molecule has 0 aliphatic carbocycles. The van der Waals surface area contributed by atoms with Crippen LogP contribution in [0.1, 0.15) is 10.4 Å². The maximum absolute atomic E-state index is 12.1. The van der Waals surface area contributed by atoms with Crippen LogP contribution < -0.4 is 16.0 Å². The average Bonchev–Trinajstić information content (AvgIpc) is 2.42. The third-order valence-corrected chi connectivity index (χ3v) is 3.05. The summed E-state index contributed by atoms with van der Waals surface area (Å²) in [5, 5.41) is 3.06. The lowest BCUT2D eigenvalue weighted by atomic mass is 10.2. The summed E-state index contributed by atoms with van der Waals surface area (Å²) in [5.41, 5.74) is 7.57. The number of nitrogens with two attached hydrogens (primary N) is 1. The second-order valence-electron chi connectivity index (χ2n) is 4.49. The fraction of sp³-hybridized carbons (Fsp3) is 0.143. The lowest BCUT2D eigenvalue weighted by Gasteiger charge is -2.14. The van der Waals surface area contributed by atoms with Crippen LogP contribution in [0.25, 0.3) is 0 Å². The molecule has 1 heterocycles. The Kier molecular flexibility index (Phi) is 4.10. The number of hydrogen-bond donors (Lipinski definition) is 2. The third kappa shape index (κ3) is 3.19. The Morgan fingerprint density at radius 2 is 2.10 bits per heavy atom. The van der Waals surface area contributed by atoms with Gasteiger partial charge >= 0.3 is 0 Å². The van der Waals surface area contributed by atoms with Crippen molar-refractivity contribution in [2.24, 2.45) is 0 Å². The number of amides is 1. The van der Waals surface area contributed by atoms with Gasteiger partial charge in [-0.15, -0.1) is 0 Å². The number of rotatable bonds is 3. The Balaban J connectivity index is 2.19. The molecule has 0 saturated carbocycles. The number of pyridine rings is 1. The molecule has 0 spiro atoms. The molecule has 0 radical (unpaired) electrons. The molecule has 0 aliphatic heterocycles. The van der Waals surface area contributed by atoms with E-state index in [2.05, 4.69) is 10.3 Å². The molecule has 1 amide bonds. The highest BCUT2D eigenvalue weighted by atomic mass is 35.5. The molecule has 0 aliphatic rings. The van der Waals surface area contributed by atoms with Crippen molar-refractivity contribution < 1.29 is 4.79 Å². The molecule has 0 saturated heterocycles. The predicted molar refractivity (Wildman–Crippen MR) is 82.4 cm³/mol. The summed E-state index contributed by atoms with van der Waals surface area (Å²) in [7, 11) is 3.87. The van der Waals surface area contributed by atoms with E-state index in [1.807, 2.05) is 43.3 Å². The second-order valence-corrected chi connectivity index (χ2v) is 4.90. The number of hydrogen-bond acceptors (Lipinski definition) is 4. The van der Waals surface area contributed by atoms with Gasteiger partial charge < -0.3 is 16.0 Å². The summed E-state index contributed by atoms with van der Waals surface area (Å²) in [6.07, 6.45) is 1.40. The predicted octanol–water partition coefficient (Wildman–Crippen LogP) is 2.64. The zero-order valence-electron chi connectivity index (χ0n) is 11.2. The van der Waals surface area contributed by atoms with Crippen molar-refractivity contribution in [2.75, 3.05) is 30.0 Å². The fourth-order valence-corrected chi connectivity index (χ4v) is 1.80. The van der Waals surface area contributed by atoms with E-state index < -0.39 is 0 Å². The van der Waals surface area contributed by atoms with Crippen molar-refractivity contribution in [3.63, 3.8) is 0 Å². The van der Waals surface area contributed by atoms with Gasteiger partial charge in [0, 0.05) is 31.7 Å². The Bertz CT molecular complexity index is 643. The molecular weight excluding hydrogens is 276 g/mol. The van der Waals surface area contributed by atoms with Crippen molar-refractivity contribution in [3.8, 4) is 0 Å². The van der Waals surface area contributed by atoms with E-state index >= 15 is 0 Å². The summed E-state index contributed by atoms with van der Waals surface area (Å²) < 4.78 is 0. The Hall–Kier alpha value is -2.27. The number of nitrogen functional groups attached to an aromatic ring is 1. The lowest BCUT2D eigenvalue weighted by molar-refractivity contribution is 0.102. The summed E-state index contributed by atoms with van der Waals surface area (Å²) >= 11 is 5.85. The summed E-state index contributed by atoms with van der Waals surface area (Å²) in [5.74, 6) is -0.0758. The number of anilines is 3. The van der Waals surface area contributed by atoms with E-state index in [1.54, 1.807) is 0 Å². The minimum atomic E-state index is -0.282. The van der Waals surface area contributed by atoms with Gasteiger partial charge in [-0.1, -0.05) is 17.7 Å². The lowest BCUT2D eigenvalue weighted by Crippen LogP contribution is -2.14. The normalized spacial score (nSPS) is 10.2. The van der Waals surface area contributed by atoms with Crippen molar-refractivity contribution in [2.45, 2.75) is 0 Å². The molecule has 5 nitrogen and oxygen atoms in total. The van der Waals surface area contributed by atoms with E-state index in [1.165, 1.54) is 12.3 Å². The Morgan fingerprint density at radius 1 is 1.35 bits per heavy atom. The number of aromatic nitrogens is 1. The van der Waals surface area contributed by atoms with Crippen LogP contribution in [-0.2, 0) is 0 Å². The molecule has 3 N–H and O–H groups in total. The van der Waals surface area contributed by atoms with E-state index in [0.717, 1.165) is 5.69 Å². The van der Waals surface area contributed by atoms with E-state index in [-0.39, 0.29) is 16.7 Å². The minimum Gasteiger partial charge on any atom is -0.382 e. The number of nitrogens with zero attached hydrogens (tertiary/aromatic N) is 2. The van der Waals surface area contributed by atoms with Gasteiger partial charge in [-0.25, -0.2) is 4.98 Å². The highest BCUT2D eigenvalue weighted by Gasteiger charge is 2.09. The molecule has 1 aromatic carbocycles. The topological polar surface area (TPSA) is 71.2 Å². The first kappa shape index (κ1) is 14.1. The highest BCUT2D eigenvalue weighted by molar-refractivity contribution is 6.33. The zero-order valence-corrected chi connectivity index (χ0v) is 12.0. The molecule has 0 unspecified atom stereocenters. The number of carbonyl (C=O) groups is 1. The van der Waals surface area contributed by atoms with Crippen LogP contribution in [0, 0.1) is 0 Å². The molecule has 104 valence electrons. The van der Waals surface area contributed by atoms with E-state index in [9.17, 15) is 4.79 Å². The third-order valence-electron chi connectivity index (χ3n) is 2.75. The van der Waals surface area contributed by atoms with Crippen molar-refractivity contribution in [1.29, 1.82) is 0 Å². The van der Waals surface area contributed by atoms with Gasteiger partial charge in [0.25, 0.3) is 5.91 Å². The number of halogens is 1. The second kappa shape index (κ2) is 5.79. The van der Waals surface area contributed by atoms with Crippen molar-refractivity contribution in [3.05, 3.63) is 47.1 Å². The number of benzene rings is 1. The van der Waals surface area contributed by atoms with E-state index in [0.29, 0.717) is 11.3 Å². The highest BCUT2D eigenvalue weighted by Crippen LogP contribution is 2.20. The van der Waals surface area contributed by atoms with Gasteiger partial charge in [-0.2, -0.15) is 0 Å². The molecule has 20 heavy (non-hydrogen) atoms. The summed E-state index contributed by atoms with van der Waals surface area (Å²) in [6.45, 7) is 0. The molecule has 0 atom stereocenters. The minimum absolute atomic E-state index is 0.206. The van der Waals surface area contributed by atoms with Gasteiger partial charge in [-0.3, -0.25) is 4.79 Å². The number of carbonyl (C=O) groups excluding carboxylic acids is 1. The van der Waals surface area contributed by atoms with Crippen LogP contribution in [0.2, 0.25) is 5.02 Å². The molecule has 1 aromatic heterocycles. The number of nitrogens with one attached hydrogen (secondary N) is 1. The SMILES string of the molecule is CN(C)c1cccc(NC(=O)c2cnc(N)c(Cl)c2)c1. The van der Waals surface area contributed by atoms with Crippen LogP contribution in [0.5, 0.6) is 0 Å². The molecule has 6 heteroatoms. The van der Waals surface area contributed by atoms with Crippen LogP contribution in [0.15, 0.2) is 36.5 Å². The Labute approximate surface area is 122 Å². The monoisotopic (exact) mass is 290 g/mol. The first-order chi connectivity index (χ1) is 9.47. The maximum Gasteiger partial charge on any atom is 0.257 e. The summed E-state index contributed by atoms with van der Waals surface area (Å²) in [6, 6.07) is 9.02. The smallest absolute Gasteiger partial charge is 0.257 e. The van der Waals surface area contributed by atoms with Gasteiger partial charge in [0.2, 0.25) is 0 Å². The van der Waals surface area contributed by atoms with Gasteiger partial charge in [0.1, 0.15) is 5.82 Å². The molecule has 0 bridgehead atoms. The molecular formula is C14H15ClN4O. The van der Waals surface area contributed by atoms with Gasteiger partial charge in [0.15, 0.2) is 0 Å². The zero-order chi connectivity index (χ0) is 14.7. The molecule has 2 rings (SSSR count). The van der Waals surface area contributed by atoms with Crippen LogP contribution >= 0.6 is 11.6 Å². The summed E-state index contributed by atoms with van der Waals surface area (Å²) in [4.78, 5) is 17.9. The maximum atomic E-state index is 12.1. The van der Waals surface area contributed by atoms with Crippen molar-refractivity contribution in [1.82, 2.24) is 4.98 Å². The van der Waals surface area contributed by atoms with E-state index in [4.69, 9.17) is 17.3 Å². The first-order valence-corrected chi connectivity index (χ1v) is 6.35. The quantitative estimate of drug-likeness (QED) is 0.911. The van der Waals surface area contributed by atoms with Gasteiger partial charge in [-0.05, 0) is 24.3 Å². The average molecular weight is 291 g/mol. The Morgan fingerprint density at radius 3 is 2.75 bits per heavy atom. The molecule has 0 fully saturated rings. The largest absolute Gasteiger partial charge is 0.382 e. The first-order valence-electron chi connectivity index (χ1n) is 5.97. The van der Waals surface area contributed by atoms with Crippen LogP contribution in [0.4, 0.5) is 17.2 Å². The standard InChI is InChI=1S/C14H15ClN4O/c1-19(2)11-5-3-4-10(7-11)18-14(20)9-6-12(15)13(16)17-8-9/h3-8H,1-2H3,(H2,16,17)(H,18,20).